The van der Waals surface area contributed by atoms with E-state index in [1.54, 1.807) is 0 Å². The normalized spacial score (nSPS) is 36.4. The molecule has 1 aromatic rings. The van der Waals surface area contributed by atoms with Crippen molar-refractivity contribution < 1.29 is 22.0 Å². The summed E-state index contributed by atoms with van der Waals surface area (Å²) in [5, 5.41) is 0. The summed E-state index contributed by atoms with van der Waals surface area (Å²) in [4.78, 5) is 0. The van der Waals surface area contributed by atoms with Crippen LogP contribution in [0.15, 0.2) is 12.1 Å². The van der Waals surface area contributed by atoms with Crippen LogP contribution in [-0.2, 0) is 0 Å². The van der Waals surface area contributed by atoms with E-state index >= 15 is 4.39 Å². The van der Waals surface area contributed by atoms with E-state index in [0.717, 1.165) is 25.0 Å². The van der Waals surface area contributed by atoms with Gasteiger partial charge in [0.2, 0.25) is 0 Å². The number of hydrogen-bond donors (Lipinski definition) is 0. The fourth-order valence-corrected chi connectivity index (χ4v) is 4.70. The van der Waals surface area contributed by atoms with Crippen molar-refractivity contribution in [2.24, 2.45) is 11.8 Å². The number of alkyl halides is 2. The summed E-state index contributed by atoms with van der Waals surface area (Å²) in [6.07, 6.45) is 2.23. The van der Waals surface area contributed by atoms with Gasteiger partial charge in [0.05, 0.1) is 0 Å². The molecule has 0 nitrogen and oxygen atoms in total. The Morgan fingerprint density at radius 2 is 1.79 bits per heavy atom. The van der Waals surface area contributed by atoms with Gasteiger partial charge in [0.15, 0.2) is 17.5 Å². The van der Waals surface area contributed by atoms with Crippen LogP contribution in [0.5, 0.6) is 0 Å². The Bertz CT molecular complexity index is 578. The minimum absolute atomic E-state index is 0.0570. The van der Waals surface area contributed by atoms with E-state index in [4.69, 9.17) is 0 Å². The van der Waals surface area contributed by atoms with Crippen LogP contribution in [0.4, 0.5) is 22.0 Å². The van der Waals surface area contributed by atoms with Crippen LogP contribution in [-0.4, -0.2) is 11.8 Å². The van der Waals surface area contributed by atoms with Crippen molar-refractivity contribution >= 4 is 0 Å². The van der Waals surface area contributed by atoms with Gasteiger partial charge in [-0.05, 0) is 61.6 Å². The van der Waals surface area contributed by atoms with Gasteiger partial charge in [-0.15, -0.1) is 0 Å². The van der Waals surface area contributed by atoms with Crippen molar-refractivity contribution in [3.05, 3.63) is 35.1 Å². The van der Waals surface area contributed by atoms with Gasteiger partial charge < -0.3 is 0 Å². The lowest BCUT2D eigenvalue weighted by Gasteiger charge is -2.26. The Kier molecular flexibility index (Phi) is 4.89. The van der Waals surface area contributed by atoms with Gasteiger partial charge in [-0.1, -0.05) is 19.8 Å². The van der Waals surface area contributed by atoms with Crippen LogP contribution in [0.2, 0.25) is 0 Å². The van der Waals surface area contributed by atoms with Gasteiger partial charge in [-0.25, -0.2) is 22.0 Å². The lowest BCUT2D eigenvalue weighted by atomic mass is 9.87. The third-order valence-corrected chi connectivity index (χ3v) is 5.93. The molecule has 0 aromatic heterocycles. The van der Waals surface area contributed by atoms with Crippen LogP contribution in [0.25, 0.3) is 0 Å². The molecule has 5 unspecified atom stereocenters. The quantitative estimate of drug-likeness (QED) is 0.449. The third-order valence-electron chi connectivity index (χ3n) is 5.93. The van der Waals surface area contributed by atoms with E-state index in [1.165, 1.54) is 0 Å². The first-order valence-electron chi connectivity index (χ1n) is 8.81. The molecule has 24 heavy (non-hydrogen) atoms. The van der Waals surface area contributed by atoms with Crippen LogP contribution >= 0.6 is 0 Å². The highest BCUT2D eigenvalue weighted by Gasteiger charge is 2.53. The van der Waals surface area contributed by atoms with Crippen LogP contribution < -0.4 is 0 Å². The Morgan fingerprint density at radius 3 is 2.42 bits per heavy atom. The summed E-state index contributed by atoms with van der Waals surface area (Å²) in [5.74, 6) is -5.06. The SMILES string of the molecule is CCCC1CCC2(F)CC(c3cc(F)c(F)c(F)c3)CC2C(F)C1. The second-order valence-corrected chi connectivity index (χ2v) is 7.52. The van der Waals surface area contributed by atoms with E-state index in [0.29, 0.717) is 19.3 Å². The maximum atomic E-state index is 15.4. The molecule has 0 aliphatic heterocycles. The zero-order valence-electron chi connectivity index (χ0n) is 13.8. The van der Waals surface area contributed by atoms with Gasteiger partial charge in [0.25, 0.3) is 0 Å². The van der Waals surface area contributed by atoms with E-state index in [2.05, 4.69) is 0 Å². The van der Waals surface area contributed by atoms with Gasteiger partial charge in [0, 0.05) is 5.92 Å². The molecule has 0 bridgehead atoms. The van der Waals surface area contributed by atoms with Gasteiger partial charge >= 0.3 is 0 Å². The predicted molar refractivity (Wildman–Crippen MR) is 82.8 cm³/mol. The van der Waals surface area contributed by atoms with Crippen LogP contribution in [0.1, 0.15) is 63.4 Å². The minimum Gasteiger partial charge on any atom is -0.247 e. The molecule has 0 heterocycles. The molecule has 2 aliphatic carbocycles. The Labute approximate surface area is 139 Å². The summed E-state index contributed by atoms with van der Waals surface area (Å²) in [6.45, 7) is 2.04. The fraction of sp³-hybridized carbons (Fsp3) is 0.684. The second-order valence-electron chi connectivity index (χ2n) is 7.52. The molecule has 2 fully saturated rings. The zero-order chi connectivity index (χ0) is 17.5. The first-order chi connectivity index (χ1) is 11.3. The largest absolute Gasteiger partial charge is 0.247 e. The van der Waals surface area contributed by atoms with Crippen molar-refractivity contribution in [2.45, 2.75) is 69.6 Å². The number of benzene rings is 1. The smallest absolute Gasteiger partial charge is 0.194 e. The van der Waals surface area contributed by atoms with Crippen molar-refractivity contribution in [3.8, 4) is 0 Å². The molecule has 5 heteroatoms. The molecule has 2 saturated carbocycles. The van der Waals surface area contributed by atoms with Crippen LogP contribution in [0.3, 0.4) is 0 Å². The molecule has 0 amide bonds. The molecule has 5 atom stereocenters. The Balaban J connectivity index is 1.81. The monoisotopic (exact) mass is 346 g/mol. The highest BCUT2D eigenvalue weighted by atomic mass is 19.2. The standard InChI is InChI=1S/C19H23F5/c1-2-3-11-4-5-19(24)10-13(7-14(19)15(20)6-11)12-8-16(21)18(23)17(22)9-12/h8-9,11,13-15H,2-7,10H2,1H3. The van der Waals surface area contributed by atoms with E-state index < -0.39 is 41.1 Å². The van der Waals surface area contributed by atoms with Crippen molar-refractivity contribution in [3.63, 3.8) is 0 Å². The fourth-order valence-electron chi connectivity index (χ4n) is 4.70. The molecule has 0 spiro atoms. The molecule has 0 N–H and O–H groups in total. The molecule has 134 valence electrons. The van der Waals surface area contributed by atoms with E-state index in [1.807, 2.05) is 6.92 Å². The highest BCUT2D eigenvalue weighted by molar-refractivity contribution is 5.26. The average Bonchev–Trinajstić information content (AvgIpc) is 2.83. The summed E-state index contributed by atoms with van der Waals surface area (Å²) >= 11 is 0. The summed E-state index contributed by atoms with van der Waals surface area (Å²) in [5.41, 5.74) is -1.40. The maximum Gasteiger partial charge on any atom is 0.194 e. The molecular formula is C19H23F5. The molecular weight excluding hydrogens is 323 g/mol. The number of hydrogen-bond acceptors (Lipinski definition) is 0. The number of rotatable bonds is 3. The minimum atomic E-state index is -1.63. The molecule has 0 radical (unpaired) electrons. The third kappa shape index (κ3) is 3.18. The maximum absolute atomic E-state index is 15.4. The Hall–Kier alpha value is -1.13. The first-order valence-corrected chi connectivity index (χ1v) is 8.81. The molecule has 0 saturated heterocycles. The van der Waals surface area contributed by atoms with Gasteiger partial charge in [-0.3, -0.25) is 0 Å². The summed E-state index contributed by atoms with van der Waals surface area (Å²) < 4.78 is 70.1. The molecule has 3 rings (SSSR count). The second kappa shape index (κ2) is 6.64. The summed E-state index contributed by atoms with van der Waals surface area (Å²) in [7, 11) is 0. The topological polar surface area (TPSA) is 0 Å². The lowest BCUT2D eigenvalue weighted by molar-refractivity contribution is 0.0551. The van der Waals surface area contributed by atoms with Crippen LogP contribution in [0, 0.1) is 29.3 Å². The average molecular weight is 346 g/mol. The van der Waals surface area contributed by atoms with Crippen molar-refractivity contribution in [1.29, 1.82) is 0 Å². The van der Waals surface area contributed by atoms with E-state index in [9.17, 15) is 17.6 Å². The summed E-state index contributed by atoms with van der Waals surface area (Å²) in [6, 6.07) is 1.84. The number of fused-ring (bicyclic) bond motifs is 1. The lowest BCUT2D eigenvalue weighted by Crippen LogP contribution is -2.32. The first kappa shape index (κ1) is 17.7. The Morgan fingerprint density at radius 1 is 1.12 bits per heavy atom. The highest BCUT2D eigenvalue weighted by Crippen LogP contribution is 2.55. The van der Waals surface area contributed by atoms with E-state index in [-0.39, 0.29) is 24.3 Å². The van der Waals surface area contributed by atoms with Gasteiger partial charge in [0.1, 0.15) is 11.8 Å². The van der Waals surface area contributed by atoms with Gasteiger partial charge in [-0.2, -0.15) is 0 Å². The zero-order valence-corrected chi connectivity index (χ0v) is 13.8. The predicted octanol–water partition coefficient (Wildman–Crippen LogP) is 6.24. The van der Waals surface area contributed by atoms with Crippen molar-refractivity contribution in [2.75, 3.05) is 0 Å². The van der Waals surface area contributed by atoms with Crippen molar-refractivity contribution in [1.82, 2.24) is 0 Å². The molecule has 1 aromatic carbocycles. The number of halogens is 5. The molecule has 2 aliphatic rings.